The van der Waals surface area contributed by atoms with Crippen LogP contribution in [0.25, 0.3) is 0 Å². The molecule has 2 rings (SSSR count). The highest BCUT2D eigenvalue weighted by Gasteiger charge is 2.41. The quantitative estimate of drug-likeness (QED) is 0.697. The maximum atomic E-state index is 10.2. The highest BCUT2D eigenvalue weighted by molar-refractivity contribution is 7.84. The fourth-order valence-corrected chi connectivity index (χ4v) is 1.31. The summed E-state index contributed by atoms with van der Waals surface area (Å²) in [6.45, 7) is 0. The Kier molecular flexibility index (Phi) is 3.64. The zero-order valence-electron chi connectivity index (χ0n) is 8.66. The molecule has 0 aromatic carbocycles. The van der Waals surface area contributed by atoms with Gasteiger partial charge in [0, 0.05) is 12.4 Å². The van der Waals surface area contributed by atoms with Gasteiger partial charge < -0.3 is 5.32 Å². The summed E-state index contributed by atoms with van der Waals surface area (Å²) in [5.74, 6) is 0. The van der Waals surface area contributed by atoms with Gasteiger partial charge in [0.05, 0.1) is 6.07 Å². The third kappa shape index (κ3) is 3.30. The Bertz CT molecular complexity index is 470. The molecule has 1 fully saturated rings. The zero-order chi connectivity index (χ0) is 12.2. The van der Waals surface area contributed by atoms with E-state index in [1.807, 2.05) is 7.05 Å². The van der Waals surface area contributed by atoms with E-state index < -0.39 is 10.3 Å². The molecule has 1 heterocycles. The van der Waals surface area contributed by atoms with Crippen molar-refractivity contribution in [1.82, 2.24) is 14.3 Å². The molecule has 1 aromatic heterocycles. The molecule has 0 saturated heterocycles. The third-order valence-corrected chi connectivity index (χ3v) is 2.94. The van der Waals surface area contributed by atoms with Crippen LogP contribution in [0.4, 0.5) is 0 Å². The van der Waals surface area contributed by atoms with Crippen LogP contribution in [0.2, 0.25) is 0 Å². The van der Waals surface area contributed by atoms with Gasteiger partial charge in [0.25, 0.3) is 0 Å². The van der Waals surface area contributed by atoms with Gasteiger partial charge in [-0.2, -0.15) is 13.7 Å². The number of hydrogen-bond donors (Lipinski definition) is 2. The van der Waals surface area contributed by atoms with E-state index in [1.165, 1.54) is 6.20 Å². The Morgan fingerprint density at radius 3 is 2.38 bits per heavy atom. The fourth-order valence-electron chi connectivity index (χ4n) is 0.926. The molecule has 16 heavy (non-hydrogen) atoms. The minimum absolute atomic E-state index is 0.111. The molecule has 2 N–H and O–H groups in total. The van der Waals surface area contributed by atoms with Crippen molar-refractivity contribution in [3.05, 3.63) is 18.7 Å². The zero-order valence-corrected chi connectivity index (χ0v) is 9.48. The number of rotatable bonds is 2. The minimum atomic E-state index is -4.11. The van der Waals surface area contributed by atoms with Gasteiger partial charge in [-0.15, -0.1) is 0 Å². The molecule has 0 unspecified atom stereocenters. The average molecular weight is 244 g/mol. The van der Waals surface area contributed by atoms with Crippen molar-refractivity contribution in [3.8, 4) is 6.07 Å². The highest BCUT2D eigenvalue weighted by atomic mass is 32.2. The molecule has 0 spiro atoms. The second-order valence-electron chi connectivity index (χ2n) is 3.31. The molecular weight excluding hydrogens is 232 g/mol. The lowest BCUT2D eigenvalue weighted by Crippen LogP contribution is -2.24. The molecule has 1 aromatic rings. The smallest absolute Gasteiger partial charge is 0.302 e. The molecule has 0 amide bonds. The molecule has 1 saturated carbocycles. The van der Waals surface area contributed by atoms with Crippen LogP contribution in [0.1, 0.15) is 12.8 Å². The van der Waals surface area contributed by atoms with Crippen LogP contribution in [0.15, 0.2) is 18.7 Å². The Balaban J connectivity index is 0.000000165. The van der Waals surface area contributed by atoms with Gasteiger partial charge in [0.15, 0.2) is 0 Å². The van der Waals surface area contributed by atoms with Gasteiger partial charge in [-0.05, 0) is 19.9 Å². The summed E-state index contributed by atoms with van der Waals surface area (Å²) < 4.78 is 29.2. The maximum Gasteiger partial charge on any atom is 0.364 e. The summed E-state index contributed by atoms with van der Waals surface area (Å²) in [4.78, 5) is 3.41. The van der Waals surface area contributed by atoms with Crippen LogP contribution in [0.3, 0.4) is 0 Å². The largest absolute Gasteiger partial charge is 0.364 e. The Morgan fingerprint density at radius 1 is 1.62 bits per heavy atom. The van der Waals surface area contributed by atoms with Crippen LogP contribution in [0.5, 0.6) is 0 Å². The first-order chi connectivity index (χ1) is 7.43. The lowest BCUT2D eigenvalue weighted by molar-refractivity contribution is 0.472. The van der Waals surface area contributed by atoms with Crippen molar-refractivity contribution >= 4 is 10.3 Å². The Morgan fingerprint density at radius 2 is 2.25 bits per heavy atom. The van der Waals surface area contributed by atoms with Crippen molar-refractivity contribution in [3.63, 3.8) is 0 Å². The fraction of sp³-hybridized carbons (Fsp3) is 0.500. The standard InChI is InChI=1S/C5H8N2.C3H4N2O3S/c1-7-5(4-6)2-3-5;6-9(7,8)5-2-1-4-3-5/h7H,2-3H2,1H3;1-3H,(H,6,7,8). The summed E-state index contributed by atoms with van der Waals surface area (Å²) in [6, 6.07) is 2.19. The molecule has 88 valence electrons. The molecule has 0 bridgehead atoms. The van der Waals surface area contributed by atoms with Gasteiger partial charge in [-0.3, -0.25) is 4.55 Å². The van der Waals surface area contributed by atoms with Gasteiger partial charge in [-0.1, -0.05) is 0 Å². The lowest BCUT2D eigenvalue weighted by atomic mass is 10.3. The Hall–Kier alpha value is -1.43. The molecule has 0 aliphatic heterocycles. The molecule has 1 aliphatic carbocycles. The van der Waals surface area contributed by atoms with Crippen LogP contribution in [0, 0.1) is 11.3 Å². The van der Waals surface area contributed by atoms with E-state index in [4.69, 9.17) is 9.81 Å². The molecular formula is C8H12N4O3S. The second-order valence-corrected chi connectivity index (χ2v) is 4.63. The number of nitrogens with zero attached hydrogens (tertiary/aromatic N) is 3. The predicted octanol–water partition coefficient (Wildman–Crippen LogP) is -0.204. The SMILES string of the molecule is CNC1(C#N)CC1.O=S(=O)(O)n1ccnc1. The topological polar surface area (TPSA) is 108 Å². The number of imidazole rings is 1. The normalized spacial score (nSPS) is 16.8. The first-order valence-corrected chi connectivity index (χ1v) is 5.89. The number of hydrogen-bond acceptors (Lipinski definition) is 5. The van der Waals surface area contributed by atoms with Crippen LogP contribution < -0.4 is 5.32 Å². The van der Waals surface area contributed by atoms with Crippen LogP contribution in [-0.2, 0) is 10.3 Å². The maximum absolute atomic E-state index is 10.2. The Labute approximate surface area is 93.6 Å². The van der Waals surface area contributed by atoms with E-state index in [0.717, 1.165) is 25.4 Å². The number of aromatic nitrogens is 2. The highest BCUT2D eigenvalue weighted by Crippen LogP contribution is 2.33. The summed E-state index contributed by atoms with van der Waals surface area (Å²) >= 11 is 0. The van der Waals surface area contributed by atoms with Crippen LogP contribution in [-0.4, -0.2) is 34.5 Å². The number of nitrogens with one attached hydrogen (secondary N) is 1. The van der Waals surface area contributed by atoms with E-state index >= 15 is 0 Å². The van der Waals surface area contributed by atoms with Gasteiger partial charge in [0.1, 0.15) is 11.9 Å². The van der Waals surface area contributed by atoms with E-state index in [1.54, 1.807) is 0 Å². The van der Waals surface area contributed by atoms with E-state index in [-0.39, 0.29) is 5.54 Å². The van der Waals surface area contributed by atoms with E-state index in [0.29, 0.717) is 3.97 Å². The molecule has 1 aliphatic rings. The van der Waals surface area contributed by atoms with Crippen molar-refractivity contribution in [1.29, 1.82) is 5.26 Å². The third-order valence-electron chi connectivity index (χ3n) is 2.19. The second kappa shape index (κ2) is 4.61. The van der Waals surface area contributed by atoms with Crippen molar-refractivity contribution in [2.24, 2.45) is 0 Å². The summed E-state index contributed by atoms with van der Waals surface area (Å²) in [5, 5.41) is 11.3. The average Bonchev–Trinajstić information content (AvgIpc) is 2.80. The first-order valence-electron chi connectivity index (χ1n) is 4.50. The van der Waals surface area contributed by atoms with Crippen molar-refractivity contribution < 1.29 is 13.0 Å². The predicted molar refractivity (Wildman–Crippen MR) is 55.8 cm³/mol. The molecule has 0 radical (unpaired) electrons. The van der Waals surface area contributed by atoms with E-state index in [2.05, 4.69) is 16.4 Å². The summed E-state index contributed by atoms with van der Waals surface area (Å²) in [7, 11) is -2.28. The first kappa shape index (κ1) is 12.6. The molecule has 8 heteroatoms. The lowest BCUT2D eigenvalue weighted by Gasteiger charge is -1.97. The molecule has 0 atom stereocenters. The number of nitriles is 1. The van der Waals surface area contributed by atoms with E-state index in [9.17, 15) is 8.42 Å². The summed E-state index contributed by atoms with van der Waals surface area (Å²) in [5.41, 5.74) is -0.111. The monoisotopic (exact) mass is 244 g/mol. The summed E-state index contributed by atoms with van der Waals surface area (Å²) in [6.07, 6.45) is 5.44. The van der Waals surface area contributed by atoms with Gasteiger partial charge in [0.2, 0.25) is 0 Å². The van der Waals surface area contributed by atoms with Crippen LogP contribution >= 0.6 is 0 Å². The minimum Gasteiger partial charge on any atom is -0.302 e. The molecule has 7 nitrogen and oxygen atoms in total. The van der Waals surface area contributed by atoms with Gasteiger partial charge in [-0.25, -0.2) is 8.96 Å². The van der Waals surface area contributed by atoms with Gasteiger partial charge >= 0.3 is 10.3 Å². The van der Waals surface area contributed by atoms with Crippen molar-refractivity contribution in [2.75, 3.05) is 7.05 Å². The van der Waals surface area contributed by atoms with Crippen molar-refractivity contribution in [2.45, 2.75) is 18.4 Å².